The highest BCUT2D eigenvalue weighted by atomic mass is 16.5. The molecule has 0 saturated heterocycles. The van der Waals surface area contributed by atoms with Crippen LogP contribution in [0.4, 0.5) is 0 Å². The molecular weight excluding hydrogens is 192 g/mol. The molecule has 0 aliphatic rings. The molecule has 0 bridgehead atoms. The van der Waals surface area contributed by atoms with Gasteiger partial charge < -0.3 is 14.6 Å². The third-order valence-electron chi connectivity index (χ3n) is 1.92. The van der Waals surface area contributed by atoms with Crippen LogP contribution in [0.2, 0.25) is 0 Å². The molecule has 0 aliphatic heterocycles. The van der Waals surface area contributed by atoms with E-state index in [-0.39, 0.29) is 12.2 Å². The average molecular weight is 216 g/mol. The molecule has 2 unspecified atom stereocenters. The van der Waals surface area contributed by atoms with Gasteiger partial charge in [-0.15, -0.1) is 0 Å². The van der Waals surface area contributed by atoms with Crippen molar-refractivity contribution < 1.29 is 14.6 Å². The van der Waals surface area contributed by atoms with Crippen molar-refractivity contribution in [1.82, 2.24) is 0 Å². The van der Waals surface area contributed by atoms with E-state index in [0.717, 1.165) is 6.42 Å². The van der Waals surface area contributed by atoms with Crippen molar-refractivity contribution >= 4 is 0 Å². The molecule has 0 radical (unpaired) electrons. The van der Waals surface area contributed by atoms with Crippen molar-refractivity contribution in [3.05, 3.63) is 12.2 Å². The van der Waals surface area contributed by atoms with Gasteiger partial charge in [-0.25, -0.2) is 0 Å². The zero-order valence-electron chi connectivity index (χ0n) is 10.1. The van der Waals surface area contributed by atoms with Crippen LogP contribution in [0.5, 0.6) is 0 Å². The summed E-state index contributed by atoms with van der Waals surface area (Å²) in [6, 6.07) is 0. The Balaban J connectivity index is 3.19. The number of aliphatic hydroxyl groups excluding tert-OH is 1. The second-order valence-electron chi connectivity index (χ2n) is 3.72. The van der Waals surface area contributed by atoms with Gasteiger partial charge in [-0.3, -0.25) is 0 Å². The van der Waals surface area contributed by atoms with Crippen molar-refractivity contribution in [2.45, 2.75) is 45.8 Å². The quantitative estimate of drug-likeness (QED) is 0.474. The van der Waals surface area contributed by atoms with E-state index in [1.54, 1.807) is 6.92 Å². The fraction of sp³-hybridized carbons (Fsp3) is 0.833. The van der Waals surface area contributed by atoms with Gasteiger partial charge in [0.25, 0.3) is 0 Å². The predicted molar refractivity (Wildman–Crippen MR) is 62.0 cm³/mol. The van der Waals surface area contributed by atoms with Crippen molar-refractivity contribution in [2.75, 3.05) is 19.8 Å². The standard InChI is InChI=1S/C12H24O3/c1-4-5-6-7-14-8-9-15-12(3)10-11(2)13/h5-6,11-13H,4,7-10H2,1-3H3. The minimum atomic E-state index is -0.298. The van der Waals surface area contributed by atoms with Gasteiger partial charge in [-0.2, -0.15) is 0 Å². The van der Waals surface area contributed by atoms with E-state index in [9.17, 15) is 0 Å². The highest BCUT2D eigenvalue weighted by Crippen LogP contribution is 2.01. The Labute approximate surface area is 93.1 Å². The first-order chi connectivity index (χ1) is 7.16. The number of allylic oxidation sites excluding steroid dienone is 1. The highest BCUT2D eigenvalue weighted by Gasteiger charge is 2.05. The minimum absolute atomic E-state index is 0.0970. The molecule has 3 nitrogen and oxygen atoms in total. The Morgan fingerprint density at radius 1 is 1.20 bits per heavy atom. The van der Waals surface area contributed by atoms with Gasteiger partial charge >= 0.3 is 0 Å². The molecule has 0 saturated carbocycles. The number of hydrogen-bond acceptors (Lipinski definition) is 3. The lowest BCUT2D eigenvalue weighted by Gasteiger charge is -2.14. The monoisotopic (exact) mass is 216 g/mol. The van der Waals surface area contributed by atoms with E-state index in [1.165, 1.54) is 0 Å². The van der Waals surface area contributed by atoms with Crippen molar-refractivity contribution in [3.8, 4) is 0 Å². The van der Waals surface area contributed by atoms with Gasteiger partial charge in [0.2, 0.25) is 0 Å². The summed E-state index contributed by atoms with van der Waals surface area (Å²) in [7, 11) is 0. The molecule has 3 heteroatoms. The van der Waals surface area contributed by atoms with E-state index in [4.69, 9.17) is 14.6 Å². The zero-order valence-corrected chi connectivity index (χ0v) is 10.1. The van der Waals surface area contributed by atoms with Crippen molar-refractivity contribution in [3.63, 3.8) is 0 Å². The average Bonchev–Trinajstić information content (AvgIpc) is 2.15. The lowest BCUT2D eigenvalue weighted by atomic mass is 10.2. The maximum atomic E-state index is 9.10. The number of aliphatic hydroxyl groups is 1. The molecule has 0 spiro atoms. The van der Waals surface area contributed by atoms with Crippen LogP contribution in [-0.2, 0) is 9.47 Å². The molecule has 0 aromatic rings. The number of ether oxygens (including phenoxy) is 2. The highest BCUT2D eigenvalue weighted by molar-refractivity contribution is 4.79. The van der Waals surface area contributed by atoms with Gasteiger partial charge in [0.15, 0.2) is 0 Å². The van der Waals surface area contributed by atoms with E-state index >= 15 is 0 Å². The van der Waals surface area contributed by atoms with E-state index < -0.39 is 0 Å². The van der Waals surface area contributed by atoms with E-state index in [1.807, 2.05) is 13.0 Å². The summed E-state index contributed by atoms with van der Waals surface area (Å²) in [6.07, 6.45) is 5.62. The van der Waals surface area contributed by atoms with Crippen LogP contribution >= 0.6 is 0 Å². The summed E-state index contributed by atoms with van der Waals surface area (Å²) < 4.78 is 10.8. The fourth-order valence-electron chi connectivity index (χ4n) is 1.24. The van der Waals surface area contributed by atoms with Gasteiger partial charge in [0, 0.05) is 0 Å². The molecule has 1 N–H and O–H groups in total. The molecule has 0 heterocycles. The molecular formula is C12H24O3. The first-order valence-corrected chi connectivity index (χ1v) is 5.69. The van der Waals surface area contributed by atoms with Crippen LogP contribution in [0.1, 0.15) is 33.6 Å². The predicted octanol–water partition coefficient (Wildman–Crippen LogP) is 2.15. The Bertz CT molecular complexity index is 155. The summed E-state index contributed by atoms with van der Waals surface area (Å²) in [5.74, 6) is 0. The second kappa shape index (κ2) is 10.1. The zero-order chi connectivity index (χ0) is 11.5. The first-order valence-electron chi connectivity index (χ1n) is 5.69. The van der Waals surface area contributed by atoms with Crippen LogP contribution in [0.25, 0.3) is 0 Å². The Morgan fingerprint density at radius 2 is 1.93 bits per heavy atom. The third-order valence-corrected chi connectivity index (χ3v) is 1.92. The maximum absolute atomic E-state index is 9.10. The normalized spacial score (nSPS) is 15.7. The Hall–Kier alpha value is -0.380. The topological polar surface area (TPSA) is 38.7 Å². The van der Waals surface area contributed by atoms with Gasteiger partial charge in [-0.05, 0) is 26.7 Å². The lowest BCUT2D eigenvalue weighted by molar-refractivity contribution is -0.00193. The second-order valence-corrected chi connectivity index (χ2v) is 3.72. The van der Waals surface area contributed by atoms with E-state index in [2.05, 4.69) is 13.0 Å². The summed E-state index contributed by atoms with van der Waals surface area (Å²) in [5, 5.41) is 9.10. The number of hydrogen-bond donors (Lipinski definition) is 1. The van der Waals surface area contributed by atoms with Gasteiger partial charge in [-0.1, -0.05) is 19.1 Å². The smallest absolute Gasteiger partial charge is 0.0704 e. The molecule has 0 fully saturated rings. The van der Waals surface area contributed by atoms with Crippen LogP contribution in [0, 0.1) is 0 Å². The fourth-order valence-corrected chi connectivity index (χ4v) is 1.24. The summed E-state index contributed by atoms with van der Waals surface area (Å²) in [4.78, 5) is 0. The Morgan fingerprint density at radius 3 is 2.53 bits per heavy atom. The summed E-state index contributed by atoms with van der Waals surface area (Å²) in [6.45, 7) is 7.68. The Kier molecular flexibility index (Phi) is 9.89. The van der Waals surface area contributed by atoms with Crippen LogP contribution < -0.4 is 0 Å². The van der Waals surface area contributed by atoms with Crippen molar-refractivity contribution in [1.29, 1.82) is 0 Å². The van der Waals surface area contributed by atoms with Gasteiger partial charge in [0.05, 0.1) is 32.0 Å². The van der Waals surface area contributed by atoms with Crippen LogP contribution in [0.3, 0.4) is 0 Å². The summed E-state index contributed by atoms with van der Waals surface area (Å²) in [5.41, 5.74) is 0. The van der Waals surface area contributed by atoms with E-state index in [0.29, 0.717) is 26.2 Å². The molecule has 0 rings (SSSR count). The summed E-state index contributed by atoms with van der Waals surface area (Å²) >= 11 is 0. The first kappa shape index (κ1) is 14.6. The lowest BCUT2D eigenvalue weighted by Crippen LogP contribution is -2.18. The SMILES string of the molecule is CCC=CCOCCOC(C)CC(C)O. The molecule has 0 aliphatic carbocycles. The molecule has 15 heavy (non-hydrogen) atoms. The van der Waals surface area contributed by atoms with Gasteiger partial charge in [0.1, 0.15) is 0 Å². The molecule has 0 aromatic carbocycles. The molecule has 0 amide bonds. The number of rotatable bonds is 9. The third kappa shape index (κ3) is 11.5. The minimum Gasteiger partial charge on any atom is -0.393 e. The van der Waals surface area contributed by atoms with Crippen molar-refractivity contribution in [2.24, 2.45) is 0 Å². The van der Waals surface area contributed by atoms with Crippen LogP contribution in [-0.4, -0.2) is 37.1 Å². The molecule has 90 valence electrons. The molecule has 0 aromatic heterocycles. The largest absolute Gasteiger partial charge is 0.393 e. The molecule has 2 atom stereocenters. The maximum Gasteiger partial charge on any atom is 0.0704 e. The van der Waals surface area contributed by atoms with Crippen LogP contribution in [0.15, 0.2) is 12.2 Å².